The topological polar surface area (TPSA) is 78.5 Å². The molecule has 114 valence electrons. The lowest BCUT2D eigenvalue weighted by Gasteiger charge is -2.33. The first-order valence-electron chi connectivity index (χ1n) is 7.09. The molecule has 1 fully saturated rings. The Hall–Kier alpha value is -1.76. The molecular formula is C14H19N3O3S. The molecule has 1 unspecified atom stereocenters. The molecule has 2 aliphatic heterocycles. The molecule has 1 saturated heterocycles. The van der Waals surface area contributed by atoms with E-state index in [1.807, 2.05) is 12.1 Å². The third kappa shape index (κ3) is 2.83. The number of sulfone groups is 1. The van der Waals surface area contributed by atoms with Crippen LogP contribution in [0.5, 0.6) is 0 Å². The highest BCUT2D eigenvalue weighted by Gasteiger charge is 2.31. The summed E-state index contributed by atoms with van der Waals surface area (Å²) in [5.41, 5.74) is 2.51. The van der Waals surface area contributed by atoms with E-state index >= 15 is 0 Å². The summed E-state index contributed by atoms with van der Waals surface area (Å²) in [6.45, 7) is 3.74. The lowest BCUT2D eigenvalue weighted by Crippen LogP contribution is -2.49. The molecule has 0 bridgehead atoms. The number of fused-ring (bicyclic) bond motifs is 1. The molecule has 1 aromatic rings. The molecule has 0 spiro atoms. The molecule has 0 aliphatic carbocycles. The number of nitrogens with zero attached hydrogens (tertiary/aromatic N) is 1. The van der Waals surface area contributed by atoms with Crippen molar-refractivity contribution in [3.63, 3.8) is 0 Å². The fraction of sp³-hybridized carbons (Fsp3) is 0.500. The number of benzene rings is 1. The minimum absolute atomic E-state index is 0.0451. The Morgan fingerprint density at radius 2 is 1.95 bits per heavy atom. The van der Waals surface area contributed by atoms with Crippen LogP contribution in [0, 0.1) is 0 Å². The van der Waals surface area contributed by atoms with Gasteiger partial charge in [0.2, 0.25) is 0 Å². The van der Waals surface area contributed by atoms with Crippen LogP contribution < -0.4 is 10.6 Å². The van der Waals surface area contributed by atoms with Crippen molar-refractivity contribution in [2.24, 2.45) is 0 Å². The summed E-state index contributed by atoms with van der Waals surface area (Å²) in [6, 6.07) is 5.23. The Balaban J connectivity index is 1.82. The van der Waals surface area contributed by atoms with E-state index in [1.54, 1.807) is 17.9 Å². The standard InChI is InChI=1S/C14H19N3O3S/c1-10-9-21(19,20)7-6-17(10)14(18)11-2-3-12-13(8-11)16-5-4-15-12/h2-3,8,10,15-16H,4-7,9H2,1H3. The van der Waals surface area contributed by atoms with Crippen molar-refractivity contribution in [3.05, 3.63) is 23.8 Å². The van der Waals surface area contributed by atoms with Crippen molar-refractivity contribution in [2.75, 3.05) is 41.8 Å². The van der Waals surface area contributed by atoms with Crippen molar-refractivity contribution in [1.82, 2.24) is 4.90 Å². The molecule has 0 saturated carbocycles. The van der Waals surface area contributed by atoms with Gasteiger partial charge in [-0.15, -0.1) is 0 Å². The number of carbonyl (C=O) groups excluding carboxylic acids is 1. The van der Waals surface area contributed by atoms with Crippen LogP contribution in [0.3, 0.4) is 0 Å². The van der Waals surface area contributed by atoms with Crippen molar-refractivity contribution in [1.29, 1.82) is 0 Å². The van der Waals surface area contributed by atoms with Gasteiger partial charge in [-0.1, -0.05) is 0 Å². The van der Waals surface area contributed by atoms with Gasteiger partial charge in [0.15, 0.2) is 9.84 Å². The van der Waals surface area contributed by atoms with E-state index in [-0.39, 0.29) is 30.0 Å². The van der Waals surface area contributed by atoms with Crippen LogP contribution in [-0.4, -0.2) is 56.4 Å². The van der Waals surface area contributed by atoms with E-state index in [9.17, 15) is 13.2 Å². The molecule has 1 aromatic carbocycles. The Bertz CT molecular complexity index is 672. The second-order valence-electron chi connectivity index (χ2n) is 5.58. The summed E-state index contributed by atoms with van der Waals surface area (Å²) in [5.74, 6) is -0.00954. The van der Waals surface area contributed by atoms with Crippen LogP contribution in [0.25, 0.3) is 0 Å². The van der Waals surface area contributed by atoms with Gasteiger partial charge in [-0.2, -0.15) is 0 Å². The largest absolute Gasteiger partial charge is 0.382 e. The summed E-state index contributed by atoms with van der Waals surface area (Å²) in [7, 11) is -3.01. The lowest BCUT2D eigenvalue weighted by molar-refractivity contribution is 0.0712. The van der Waals surface area contributed by atoms with Gasteiger partial charge in [-0.25, -0.2) is 8.42 Å². The van der Waals surface area contributed by atoms with Crippen LogP contribution in [0.1, 0.15) is 17.3 Å². The van der Waals surface area contributed by atoms with Crippen LogP contribution in [0.15, 0.2) is 18.2 Å². The Morgan fingerprint density at radius 1 is 1.24 bits per heavy atom. The third-order valence-electron chi connectivity index (χ3n) is 3.95. The minimum atomic E-state index is -3.01. The van der Waals surface area contributed by atoms with Gasteiger partial charge in [-0.05, 0) is 25.1 Å². The molecule has 0 aromatic heterocycles. The first-order valence-corrected chi connectivity index (χ1v) is 8.91. The van der Waals surface area contributed by atoms with Crippen molar-refractivity contribution >= 4 is 27.1 Å². The maximum atomic E-state index is 12.6. The van der Waals surface area contributed by atoms with Gasteiger partial charge < -0.3 is 15.5 Å². The quantitative estimate of drug-likeness (QED) is 0.801. The number of amides is 1. The number of nitrogens with one attached hydrogen (secondary N) is 2. The molecule has 2 aliphatic rings. The van der Waals surface area contributed by atoms with Crippen LogP contribution >= 0.6 is 0 Å². The molecule has 3 rings (SSSR count). The highest BCUT2D eigenvalue weighted by molar-refractivity contribution is 7.91. The zero-order chi connectivity index (χ0) is 15.0. The minimum Gasteiger partial charge on any atom is -0.382 e. The smallest absolute Gasteiger partial charge is 0.254 e. The van der Waals surface area contributed by atoms with Crippen molar-refractivity contribution < 1.29 is 13.2 Å². The third-order valence-corrected chi connectivity index (χ3v) is 5.75. The van der Waals surface area contributed by atoms with Crippen molar-refractivity contribution in [3.8, 4) is 0 Å². The van der Waals surface area contributed by atoms with E-state index in [4.69, 9.17) is 0 Å². The second-order valence-corrected chi connectivity index (χ2v) is 7.80. The summed E-state index contributed by atoms with van der Waals surface area (Å²) in [4.78, 5) is 14.2. The van der Waals surface area contributed by atoms with E-state index in [0.29, 0.717) is 5.56 Å². The second kappa shape index (κ2) is 5.22. The molecular weight excluding hydrogens is 290 g/mol. The SMILES string of the molecule is CC1CS(=O)(=O)CCN1C(=O)c1ccc2c(c1)NCCN2. The molecule has 21 heavy (non-hydrogen) atoms. The van der Waals surface area contributed by atoms with E-state index in [2.05, 4.69) is 10.6 Å². The molecule has 1 atom stereocenters. The highest BCUT2D eigenvalue weighted by atomic mass is 32.2. The van der Waals surface area contributed by atoms with Crippen molar-refractivity contribution in [2.45, 2.75) is 13.0 Å². The fourth-order valence-corrected chi connectivity index (χ4v) is 4.39. The van der Waals surface area contributed by atoms with Gasteiger partial charge in [0.25, 0.3) is 5.91 Å². The molecule has 2 heterocycles. The van der Waals surface area contributed by atoms with Gasteiger partial charge in [0.05, 0.1) is 22.9 Å². The first-order chi connectivity index (χ1) is 9.96. The average molecular weight is 309 g/mol. The Morgan fingerprint density at radius 3 is 2.67 bits per heavy atom. The number of carbonyl (C=O) groups is 1. The van der Waals surface area contributed by atoms with Crippen LogP contribution in [-0.2, 0) is 9.84 Å². The number of hydrogen-bond acceptors (Lipinski definition) is 5. The molecule has 1 amide bonds. The monoisotopic (exact) mass is 309 g/mol. The van der Waals surface area contributed by atoms with Gasteiger partial charge in [0, 0.05) is 31.2 Å². The highest BCUT2D eigenvalue weighted by Crippen LogP contribution is 2.26. The molecule has 0 radical (unpaired) electrons. The van der Waals surface area contributed by atoms with Crippen LogP contribution in [0.2, 0.25) is 0 Å². The summed E-state index contributed by atoms with van der Waals surface area (Å²) in [5, 5.41) is 6.52. The molecule has 6 nitrogen and oxygen atoms in total. The molecule has 7 heteroatoms. The Kier molecular flexibility index (Phi) is 3.52. The van der Waals surface area contributed by atoms with Gasteiger partial charge >= 0.3 is 0 Å². The normalized spacial score (nSPS) is 23.7. The summed E-state index contributed by atoms with van der Waals surface area (Å²) < 4.78 is 23.2. The fourth-order valence-electron chi connectivity index (χ4n) is 2.84. The predicted octanol–water partition coefficient (Wildman–Crippen LogP) is 0.783. The zero-order valence-electron chi connectivity index (χ0n) is 11.9. The lowest BCUT2D eigenvalue weighted by atomic mass is 10.1. The van der Waals surface area contributed by atoms with E-state index in [0.717, 1.165) is 24.5 Å². The summed E-state index contributed by atoms with van der Waals surface area (Å²) >= 11 is 0. The summed E-state index contributed by atoms with van der Waals surface area (Å²) in [6.07, 6.45) is 0. The maximum Gasteiger partial charge on any atom is 0.254 e. The van der Waals surface area contributed by atoms with Crippen LogP contribution in [0.4, 0.5) is 11.4 Å². The number of hydrogen-bond donors (Lipinski definition) is 2. The van der Waals surface area contributed by atoms with E-state index < -0.39 is 9.84 Å². The number of rotatable bonds is 1. The predicted molar refractivity (Wildman–Crippen MR) is 82.6 cm³/mol. The first kappa shape index (κ1) is 14.2. The average Bonchev–Trinajstić information content (AvgIpc) is 2.45. The molecule has 2 N–H and O–H groups in total. The number of anilines is 2. The van der Waals surface area contributed by atoms with Gasteiger partial charge in [0.1, 0.15) is 0 Å². The maximum absolute atomic E-state index is 12.6. The Labute approximate surface area is 124 Å². The van der Waals surface area contributed by atoms with Gasteiger partial charge in [-0.3, -0.25) is 4.79 Å². The van der Waals surface area contributed by atoms with E-state index in [1.165, 1.54) is 0 Å². The zero-order valence-corrected chi connectivity index (χ0v) is 12.7.